The first-order valence-corrected chi connectivity index (χ1v) is 12.5. The van der Waals surface area contributed by atoms with Crippen LogP contribution in [0.2, 0.25) is 0 Å². The lowest BCUT2D eigenvalue weighted by molar-refractivity contribution is 0.256. The number of aliphatic imine (C=N–C) groups is 1. The van der Waals surface area contributed by atoms with Crippen LogP contribution in [-0.4, -0.2) is 58.0 Å². The van der Waals surface area contributed by atoms with Gasteiger partial charge in [-0.15, -0.1) is 0 Å². The number of benzene rings is 1. The summed E-state index contributed by atoms with van der Waals surface area (Å²) >= 11 is 0. The first-order valence-electron chi connectivity index (χ1n) is 10.9. The fraction of sp³-hybridized carbons (Fsp3) is 0.455. The van der Waals surface area contributed by atoms with Crippen LogP contribution < -0.4 is 24.7 Å². The predicted octanol–water partition coefficient (Wildman–Crippen LogP) is 1.86. The Morgan fingerprint density at radius 2 is 1.82 bits per heavy atom. The van der Waals surface area contributed by atoms with Crippen molar-refractivity contribution in [2.45, 2.75) is 25.4 Å². The Balaban J connectivity index is 1.57. The molecule has 0 spiro atoms. The highest BCUT2D eigenvalue weighted by Gasteiger charge is 2.30. The normalized spacial score (nSPS) is 18.8. The van der Waals surface area contributed by atoms with Gasteiger partial charge in [0.1, 0.15) is 12.0 Å². The zero-order valence-corrected chi connectivity index (χ0v) is 19.6. The molecule has 0 aliphatic carbocycles. The van der Waals surface area contributed by atoms with Gasteiger partial charge in [0, 0.05) is 43.7 Å². The van der Waals surface area contributed by atoms with E-state index in [1.165, 1.54) is 0 Å². The molecule has 1 aromatic heterocycles. The second kappa shape index (κ2) is 9.94. The van der Waals surface area contributed by atoms with Gasteiger partial charge in [0.05, 0.1) is 19.9 Å². The number of hydrogen-bond acceptors (Lipinski definition) is 8. The number of methoxy groups -OCH3 is 2. The summed E-state index contributed by atoms with van der Waals surface area (Å²) in [7, 11) is -0.398. The third-order valence-electron chi connectivity index (χ3n) is 6.10. The van der Waals surface area contributed by atoms with Crippen molar-refractivity contribution in [2.24, 2.45) is 16.0 Å². The monoisotopic (exact) mass is 474 g/mol. The van der Waals surface area contributed by atoms with E-state index in [1.807, 2.05) is 24.3 Å². The van der Waals surface area contributed by atoms with E-state index in [-0.39, 0.29) is 6.17 Å². The summed E-state index contributed by atoms with van der Waals surface area (Å²) in [5, 5.41) is 8.53. The molecule has 1 unspecified atom stereocenters. The molecule has 0 saturated carbocycles. The minimum Gasteiger partial charge on any atom is -0.493 e. The Hall–Kier alpha value is -2.89. The minimum atomic E-state index is -3.64. The molecule has 33 heavy (non-hydrogen) atoms. The topological polar surface area (TPSA) is 131 Å². The molecule has 1 saturated heterocycles. The van der Waals surface area contributed by atoms with Crippen LogP contribution in [0.15, 0.2) is 41.7 Å². The molecule has 1 fully saturated rings. The van der Waals surface area contributed by atoms with Gasteiger partial charge < -0.3 is 19.7 Å². The average Bonchev–Trinajstić information content (AvgIpc) is 2.82. The van der Waals surface area contributed by atoms with Gasteiger partial charge in [-0.25, -0.2) is 14.9 Å². The van der Waals surface area contributed by atoms with Crippen LogP contribution in [0.3, 0.4) is 0 Å². The highest BCUT2D eigenvalue weighted by molar-refractivity contribution is 7.87. The van der Waals surface area contributed by atoms with Gasteiger partial charge in [0.2, 0.25) is 0 Å². The largest absolute Gasteiger partial charge is 0.493 e. The first kappa shape index (κ1) is 23.3. The minimum absolute atomic E-state index is 0.245. The summed E-state index contributed by atoms with van der Waals surface area (Å²) in [5.74, 6) is 2.64. The standard InChI is InChI=1S/C22H30N6O4S/c1-31-19-13-17-18(14-20(19)32-2)26-21(16-4-8-24-9-5-16)27-22(17)28-11-6-15(7-12-28)3-10-25-33(23,29)30/h4-5,8-9,13-15,21,25-26H,3,6-7,10-12H2,1-2H3,(H2,23,29,30). The SMILES string of the molecule is COc1cc2c(cc1OC)C(N1CCC(CCNS(N)(=O)=O)CC1)=NC(c1ccncc1)N2. The highest BCUT2D eigenvalue weighted by Crippen LogP contribution is 2.39. The molecule has 1 aromatic carbocycles. The molecule has 2 aromatic rings. The fourth-order valence-electron chi connectivity index (χ4n) is 4.35. The smallest absolute Gasteiger partial charge is 0.274 e. The summed E-state index contributed by atoms with van der Waals surface area (Å²) in [6, 6.07) is 7.82. The number of piperidine rings is 1. The van der Waals surface area contributed by atoms with Crippen molar-refractivity contribution in [3.8, 4) is 11.5 Å². The molecule has 0 bridgehead atoms. The molecular weight excluding hydrogens is 444 g/mol. The molecule has 3 heterocycles. The van der Waals surface area contributed by atoms with Crippen LogP contribution in [0.1, 0.15) is 36.6 Å². The van der Waals surface area contributed by atoms with Crippen molar-refractivity contribution < 1.29 is 17.9 Å². The summed E-state index contributed by atoms with van der Waals surface area (Å²) in [6.45, 7) is 2.02. The Labute approximate surface area is 194 Å². The van der Waals surface area contributed by atoms with Gasteiger partial charge in [-0.2, -0.15) is 8.42 Å². The molecule has 11 heteroatoms. The van der Waals surface area contributed by atoms with Gasteiger partial charge in [0.15, 0.2) is 11.5 Å². The predicted molar refractivity (Wildman–Crippen MR) is 127 cm³/mol. The maximum absolute atomic E-state index is 11.1. The number of rotatable bonds is 7. The number of likely N-dealkylation sites (tertiary alicyclic amines) is 1. The number of aromatic nitrogens is 1. The Bertz CT molecular complexity index is 1100. The van der Waals surface area contributed by atoms with E-state index in [9.17, 15) is 8.42 Å². The van der Waals surface area contributed by atoms with E-state index in [0.717, 1.165) is 55.0 Å². The Morgan fingerprint density at radius 1 is 1.15 bits per heavy atom. The molecule has 4 rings (SSSR count). The second-order valence-electron chi connectivity index (χ2n) is 8.19. The van der Waals surface area contributed by atoms with Crippen molar-refractivity contribution >= 4 is 21.7 Å². The summed E-state index contributed by atoms with van der Waals surface area (Å²) in [5.41, 5.74) is 2.91. The number of pyridine rings is 1. The number of fused-ring (bicyclic) bond motifs is 1. The Morgan fingerprint density at radius 3 is 2.45 bits per heavy atom. The van der Waals surface area contributed by atoms with Crippen LogP contribution in [0, 0.1) is 5.92 Å². The lowest BCUT2D eigenvalue weighted by Gasteiger charge is -2.37. The highest BCUT2D eigenvalue weighted by atomic mass is 32.2. The summed E-state index contributed by atoms with van der Waals surface area (Å²) < 4.78 is 35.6. The fourth-order valence-corrected chi connectivity index (χ4v) is 4.75. The van der Waals surface area contributed by atoms with E-state index in [2.05, 4.69) is 19.9 Å². The van der Waals surface area contributed by atoms with E-state index in [4.69, 9.17) is 19.6 Å². The zero-order valence-electron chi connectivity index (χ0n) is 18.8. The third kappa shape index (κ3) is 5.55. The quantitative estimate of drug-likeness (QED) is 0.558. The van der Waals surface area contributed by atoms with Crippen LogP contribution in [0.4, 0.5) is 5.69 Å². The number of amidine groups is 1. The van der Waals surface area contributed by atoms with Crippen molar-refractivity contribution in [3.05, 3.63) is 47.8 Å². The summed E-state index contributed by atoms with van der Waals surface area (Å²) in [4.78, 5) is 11.5. The lowest BCUT2D eigenvalue weighted by Crippen LogP contribution is -2.42. The summed E-state index contributed by atoms with van der Waals surface area (Å²) in [6.07, 6.45) is 5.93. The van der Waals surface area contributed by atoms with Crippen LogP contribution in [0.5, 0.6) is 11.5 Å². The number of ether oxygens (including phenoxy) is 2. The molecule has 178 valence electrons. The van der Waals surface area contributed by atoms with E-state index in [1.54, 1.807) is 26.6 Å². The van der Waals surface area contributed by atoms with Crippen LogP contribution >= 0.6 is 0 Å². The average molecular weight is 475 g/mol. The van der Waals surface area contributed by atoms with E-state index >= 15 is 0 Å². The molecule has 10 nitrogen and oxygen atoms in total. The molecule has 4 N–H and O–H groups in total. The van der Waals surface area contributed by atoms with Crippen molar-refractivity contribution in [1.29, 1.82) is 0 Å². The van der Waals surface area contributed by atoms with Gasteiger partial charge in [-0.3, -0.25) is 4.98 Å². The second-order valence-corrected chi connectivity index (χ2v) is 9.57. The van der Waals surface area contributed by atoms with Crippen LogP contribution in [0.25, 0.3) is 0 Å². The maximum atomic E-state index is 11.1. The van der Waals surface area contributed by atoms with Crippen LogP contribution in [-0.2, 0) is 10.2 Å². The first-order chi connectivity index (χ1) is 15.9. The van der Waals surface area contributed by atoms with Gasteiger partial charge in [0.25, 0.3) is 10.2 Å². The van der Waals surface area contributed by atoms with Gasteiger partial charge in [-0.1, -0.05) is 0 Å². The number of nitrogens with one attached hydrogen (secondary N) is 2. The molecule has 2 aliphatic heterocycles. The Kier molecular flexibility index (Phi) is 7.01. The molecular formula is C22H30N6O4S. The van der Waals surface area contributed by atoms with Crippen molar-refractivity contribution in [2.75, 3.05) is 39.2 Å². The van der Waals surface area contributed by atoms with E-state index in [0.29, 0.717) is 24.0 Å². The molecule has 2 aliphatic rings. The number of anilines is 1. The number of hydrogen-bond donors (Lipinski definition) is 3. The third-order valence-corrected chi connectivity index (χ3v) is 6.71. The molecule has 0 radical (unpaired) electrons. The van der Waals surface area contributed by atoms with E-state index < -0.39 is 10.2 Å². The zero-order chi connectivity index (χ0) is 23.4. The number of nitrogens with zero attached hydrogens (tertiary/aromatic N) is 3. The maximum Gasteiger partial charge on any atom is 0.274 e. The van der Waals surface area contributed by atoms with Gasteiger partial charge in [-0.05, 0) is 48.9 Å². The lowest BCUT2D eigenvalue weighted by atomic mass is 9.93. The van der Waals surface area contributed by atoms with Crippen molar-refractivity contribution in [3.63, 3.8) is 0 Å². The van der Waals surface area contributed by atoms with Crippen molar-refractivity contribution in [1.82, 2.24) is 14.6 Å². The number of nitrogens with two attached hydrogens (primary N) is 1. The molecule has 1 atom stereocenters. The van der Waals surface area contributed by atoms with Gasteiger partial charge >= 0.3 is 0 Å². The molecule has 0 amide bonds.